The molecule has 1 N–H and O–H groups in total. The summed E-state index contributed by atoms with van der Waals surface area (Å²) in [5, 5.41) is 9.74. The van der Waals surface area contributed by atoms with E-state index in [4.69, 9.17) is 0 Å². The highest BCUT2D eigenvalue weighted by molar-refractivity contribution is 9.09. The van der Waals surface area contributed by atoms with Gasteiger partial charge >= 0.3 is 0 Å². The molecule has 1 heterocycles. The summed E-state index contributed by atoms with van der Waals surface area (Å²) in [6.07, 6.45) is 0.475. The molecule has 0 aromatic heterocycles. The van der Waals surface area contributed by atoms with Crippen LogP contribution >= 0.6 is 15.9 Å². The first-order chi connectivity index (χ1) is 5.63. The topological polar surface area (TPSA) is 40.5 Å². The molecule has 0 aliphatic carbocycles. The number of hydrogen-bond donors (Lipinski definition) is 1. The highest BCUT2D eigenvalue weighted by atomic mass is 79.9. The summed E-state index contributed by atoms with van der Waals surface area (Å²) in [6, 6.07) is 0. The van der Waals surface area contributed by atoms with Crippen LogP contribution in [0.2, 0.25) is 0 Å². The molecule has 0 aromatic rings. The quantitative estimate of drug-likeness (QED) is 0.677. The van der Waals surface area contributed by atoms with Crippen molar-refractivity contribution in [3.63, 3.8) is 0 Å². The third-order valence-corrected chi connectivity index (χ3v) is 2.58. The van der Waals surface area contributed by atoms with Crippen LogP contribution in [0.1, 0.15) is 13.3 Å². The number of nitrogens with zero attached hydrogens (tertiary/aromatic N) is 1. The highest BCUT2D eigenvalue weighted by Gasteiger charge is 2.25. The maximum Gasteiger partial charge on any atom is 0.233 e. The second-order valence-corrected chi connectivity index (χ2v) is 3.99. The molecule has 1 saturated heterocycles. The van der Waals surface area contributed by atoms with Crippen LogP contribution in [0.3, 0.4) is 0 Å². The van der Waals surface area contributed by atoms with Gasteiger partial charge in [-0.2, -0.15) is 0 Å². The zero-order valence-electron chi connectivity index (χ0n) is 7.16. The van der Waals surface area contributed by atoms with Crippen LogP contribution in [0, 0.1) is 5.92 Å². The van der Waals surface area contributed by atoms with E-state index >= 15 is 0 Å². The minimum atomic E-state index is -0.336. The van der Waals surface area contributed by atoms with Crippen LogP contribution in [0.15, 0.2) is 0 Å². The van der Waals surface area contributed by atoms with E-state index in [0.29, 0.717) is 17.8 Å². The van der Waals surface area contributed by atoms with Crippen molar-refractivity contribution in [2.75, 3.05) is 18.4 Å². The minimum absolute atomic E-state index is 0.0700. The predicted octanol–water partition coefficient (Wildman–Crippen LogP) is 0.611. The van der Waals surface area contributed by atoms with E-state index in [1.807, 2.05) is 0 Å². The van der Waals surface area contributed by atoms with Gasteiger partial charge in [0.25, 0.3) is 0 Å². The second-order valence-electron chi connectivity index (χ2n) is 3.43. The molecule has 1 rings (SSSR count). The molecule has 1 aliphatic heterocycles. The van der Waals surface area contributed by atoms with E-state index in [0.717, 1.165) is 13.0 Å². The van der Waals surface area contributed by atoms with Gasteiger partial charge < -0.3 is 10.0 Å². The standard InChI is InChI=1S/C8H14BrNO2/c1-6-2-7(11)5-10(4-6)8(12)3-9/h6-7,11H,2-5H2,1H3/t6-,7+/m1/s1. The Balaban J connectivity index is 2.49. The predicted molar refractivity (Wildman–Crippen MR) is 50.2 cm³/mol. The van der Waals surface area contributed by atoms with Gasteiger partial charge in [0, 0.05) is 13.1 Å². The lowest BCUT2D eigenvalue weighted by molar-refractivity contribution is -0.132. The Kier molecular flexibility index (Phi) is 3.53. The van der Waals surface area contributed by atoms with Crippen molar-refractivity contribution in [1.82, 2.24) is 4.90 Å². The van der Waals surface area contributed by atoms with Crippen LogP contribution in [-0.2, 0) is 4.79 Å². The van der Waals surface area contributed by atoms with E-state index in [1.54, 1.807) is 4.90 Å². The van der Waals surface area contributed by atoms with Gasteiger partial charge in [-0.3, -0.25) is 4.79 Å². The monoisotopic (exact) mass is 235 g/mol. The Morgan fingerprint density at radius 2 is 2.33 bits per heavy atom. The van der Waals surface area contributed by atoms with Crippen molar-refractivity contribution >= 4 is 21.8 Å². The van der Waals surface area contributed by atoms with Crippen LogP contribution in [0.25, 0.3) is 0 Å². The van der Waals surface area contributed by atoms with E-state index in [2.05, 4.69) is 22.9 Å². The Morgan fingerprint density at radius 3 is 2.83 bits per heavy atom. The summed E-state index contributed by atoms with van der Waals surface area (Å²) in [5.41, 5.74) is 0. The number of halogens is 1. The van der Waals surface area contributed by atoms with Crippen molar-refractivity contribution in [2.45, 2.75) is 19.4 Å². The number of aliphatic hydroxyl groups excluding tert-OH is 1. The average Bonchev–Trinajstić information content (AvgIpc) is 2.01. The van der Waals surface area contributed by atoms with Gasteiger partial charge in [0.2, 0.25) is 5.91 Å². The van der Waals surface area contributed by atoms with Gasteiger partial charge in [-0.15, -0.1) is 0 Å². The first-order valence-electron chi connectivity index (χ1n) is 4.15. The van der Waals surface area contributed by atoms with Crippen LogP contribution in [0.4, 0.5) is 0 Å². The molecule has 1 amide bonds. The first-order valence-corrected chi connectivity index (χ1v) is 5.27. The molecule has 3 nitrogen and oxygen atoms in total. The Hall–Kier alpha value is -0.0900. The Bertz CT molecular complexity index is 164. The number of hydrogen-bond acceptors (Lipinski definition) is 2. The number of carbonyl (C=O) groups is 1. The molecule has 1 aliphatic rings. The highest BCUT2D eigenvalue weighted by Crippen LogP contribution is 2.16. The molecule has 0 spiro atoms. The zero-order valence-corrected chi connectivity index (χ0v) is 8.75. The van der Waals surface area contributed by atoms with Crippen LogP contribution < -0.4 is 0 Å². The molecule has 0 unspecified atom stereocenters. The number of rotatable bonds is 1. The van der Waals surface area contributed by atoms with Gasteiger partial charge in [-0.1, -0.05) is 22.9 Å². The normalized spacial score (nSPS) is 30.4. The number of carbonyl (C=O) groups excluding carboxylic acids is 1. The maximum absolute atomic E-state index is 11.2. The SMILES string of the molecule is C[C@@H]1C[C@H](O)CN(C(=O)CBr)C1. The molecule has 12 heavy (non-hydrogen) atoms. The molecule has 0 bridgehead atoms. The number of likely N-dealkylation sites (tertiary alicyclic amines) is 1. The molecule has 0 aromatic carbocycles. The lowest BCUT2D eigenvalue weighted by atomic mass is 9.98. The fourth-order valence-corrected chi connectivity index (χ4v) is 1.96. The Labute approximate surface area is 80.9 Å². The second kappa shape index (κ2) is 4.23. The van der Waals surface area contributed by atoms with E-state index in [9.17, 15) is 9.90 Å². The molecule has 70 valence electrons. The number of amides is 1. The van der Waals surface area contributed by atoms with Gasteiger partial charge in [0.15, 0.2) is 0 Å². The molecular weight excluding hydrogens is 222 g/mol. The Morgan fingerprint density at radius 1 is 1.67 bits per heavy atom. The molecule has 4 heteroatoms. The van der Waals surface area contributed by atoms with Gasteiger partial charge in [-0.25, -0.2) is 0 Å². The minimum Gasteiger partial charge on any atom is -0.391 e. The molecule has 0 saturated carbocycles. The molecule has 0 radical (unpaired) electrons. The fraction of sp³-hybridized carbons (Fsp3) is 0.875. The number of β-amino-alcohol motifs (C(OH)–C–C–N with tert-alkyl or cyclic N) is 1. The van der Waals surface area contributed by atoms with Crippen molar-refractivity contribution in [3.05, 3.63) is 0 Å². The number of aliphatic hydroxyl groups is 1. The number of piperidine rings is 1. The van der Waals surface area contributed by atoms with Crippen molar-refractivity contribution in [1.29, 1.82) is 0 Å². The van der Waals surface area contributed by atoms with Gasteiger partial charge in [-0.05, 0) is 12.3 Å². The summed E-state index contributed by atoms with van der Waals surface area (Å²) in [5.74, 6) is 0.484. The largest absolute Gasteiger partial charge is 0.391 e. The van der Waals surface area contributed by atoms with Crippen molar-refractivity contribution in [2.24, 2.45) is 5.92 Å². The molecule has 1 fully saturated rings. The lowest BCUT2D eigenvalue weighted by Gasteiger charge is -2.33. The van der Waals surface area contributed by atoms with E-state index in [1.165, 1.54) is 0 Å². The fourth-order valence-electron chi connectivity index (χ4n) is 1.61. The summed E-state index contributed by atoms with van der Waals surface area (Å²) in [6.45, 7) is 3.33. The lowest BCUT2D eigenvalue weighted by Crippen LogP contribution is -2.46. The summed E-state index contributed by atoms with van der Waals surface area (Å²) < 4.78 is 0. The van der Waals surface area contributed by atoms with Gasteiger partial charge in [0.05, 0.1) is 11.4 Å². The van der Waals surface area contributed by atoms with E-state index < -0.39 is 0 Å². The third-order valence-electron chi connectivity index (χ3n) is 2.10. The first kappa shape index (κ1) is 9.99. The van der Waals surface area contributed by atoms with Crippen LogP contribution in [-0.4, -0.2) is 40.4 Å². The molecule has 2 atom stereocenters. The smallest absolute Gasteiger partial charge is 0.233 e. The van der Waals surface area contributed by atoms with E-state index in [-0.39, 0.29) is 12.0 Å². The van der Waals surface area contributed by atoms with Crippen molar-refractivity contribution < 1.29 is 9.90 Å². The van der Waals surface area contributed by atoms with Gasteiger partial charge in [0.1, 0.15) is 0 Å². The average molecular weight is 236 g/mol. The summed E-state index contributed by atoms with van der Waals surface area (Å²) in [4.78, 5) is 12.9. The molecular formula is C8H14BrNO2. The maximum atomic E-state index is 11.2. The summed E-state index contributed by atoms with van der Waals surface area (Å²) in [7, 11) is 0. The number of alkyl halides is 1. The summed E-state index contributed by atoms with van der Waals surface area (Å²) >= 11 is 3.12. The van der Waals surface area contributed by atoms with Crippen LogP contribution in [0.5, 0.6) is 0 Å². The van der Waals surface area contributed by atoms with Crippen molar-refractivity contribution in [3.8, 4) is 0 Å². The zero-order chi connectivity index (χ0) is 9.14. The third kappa shape index (κ3) is 2.45.